The molecule has 1 fully saturated rings. The zero-order chi connectivity index (χ0) is 13.4. The molecule has 2 N–H and O–H groups in total. The SMILES string of the molecule is Cc1ccc2c(/C=C3\NC(=O)NC3=O)cccc2c1. The van der Waals surface area contributed by atoms with Gasteiger partial charge >= 0.3 is 6.03 Å². The maximum Gasteiger partial charge on any atom is 0.326 e. The zero-order valence-corrected chi connectivity index (χ0v) is 10.4. The zero-order valence-electron chi connectivity index (χ0n) is 10.4. The van der Waals surface area contributed by atoms with E-state index in [-0.39, 0.29) is 5.70 Å². The minimum Gasteiger partial charge on any atom is -0.303 e. The minimum absolute atomic E-state index is 0.276. The summed E-state index contributed by atoms with van der Waals surface area (Å²) in [6.07, 6.45) is 1.69. The van der Waals surface area contributed by atoms with Gasteiger partial charge in [-0.3, -0.25) is 10.1 Å². The summed E-state index contributed by atoms with van der Waals surface area (Å²) < 4.78 is 0. The van der Waals surface area contributed by atoms with Gasteiger partial charge in [-0.05, 0) is 29.3 Å². The molecule has 0 atom stereocenters. The second-order valence-electron chi connectivity index (χ2n) is 4.54. The highest BCUT2D eigenvalue weighted by atomic mass is 16.2. The van der Waals surface area contributed by atoms with Crippen LogP contribution in [0.25, 0.3) is 16.8 Å². The van der Waals surface area contributed by atoms with Gasteiger partial charge in [-0.25, -0.2) is 4.79 Å². The van der Waals surface area contributed by atoms with E-state index < -0.39 is 11.9 Å². The maximum atomic E-state index is 11.5. The molecule has 4 heteroatoms. The van der Waals surface area contributed by atoms with Crippen LogP contribution in [0.15, 0.2) is 42.1 Å². The summed E-state index contributed by atoms with van der Waals surface area (Å²) in [5.41, 5.74) is 2.37. The number of hydrogen-bond donors (Lipinski definition) is 2. The summed E-state index contributed by atoms with van der Waals surface area (Å²) in [6, 6.07) is 11.5. The van der Waals surface area contributed by atoms with Crippen molar-refractivity contribution in [2.45, 2.75) is 6.92 Å². The molecule has 0 unspecified atom stereocenters. The highest BCUT2D eigenvalue weighted by Gasteiger charge is 2.22. The van der Waals surface area contributed by atoms with Gasteiger partial charge in [-0.15, -0.1) is 0 Å². The number of carbonyl (C=O) groups is 2. The fourth-order valence-corrected chi connectivity index (χ4v) is 2.19. The normalized spacial score (nSPS) is 16.8. The van der Waals surface area contributed by atoms with Gasteiger partial charge in [0.2, 0.25) is 0 Å². The molecule has 0 spiro atoms. The van der Waals surface area contributed by atoms with Crippen LogP contribution in [0.5, 0.6) is 0 Å². The summed E-state index contributed by atoms with van der Waals surface area (Å²) in [5, 5.41) is 6.84. The Hall–Kier alpha value is -2.62. The highest BCUT2D eigenvalue weighted by molar-refractivity contribution is 6.14. The van der Waals surface area contributed by atoms with Gasteiger partial charge < -0.3 is 5.32 Å². The standard InChI is InChI=1S/C15H12N2O2/c1-9-5-6-12-10(7-9)3-2-4-11(12)8-13-14(18)17-15(19)16-13/h2-8H,1H3,(H2,16,17,18,19)/b13-8-. The maximum absolute atomic E-state index is 11.5. The second-order valence-corrected chi connectivity index (χ2v) is 4.54. The topological polar surface area (TPSA) is 58.2 Å². The third-order valence-corrected chi connectivity index (χ3v) is 3.09. The fourth-order valence-electron chi connectivity index (χ4n) is 2.19. The number of nitrogens with one attached hydrogen (secondary N) is 2. The van der Waals surface area contributed by atoms with E-state index in [2.05, 4.69) is 16.7 Å². The van der Waals surface area contributed by atoms with Crippen LogP contribution in [0.2, 0.25) is 0 Å². The molecular weight excluding hydrogens is 240 g/mol. The molecule has 0 radical (unpaired) electrons. The molecule has 1 aliphatic rings. The molecule has 0 aromatic heterocycles. The molecule has 1 heterocycles. The summed E-state index contributed by atoms with van der Waals surface area (Å²) in [4.78, 5) is 22.6. The lowest BCUT2D eigenvalue weighted by atomic mass is 10.0. The van der Waals surface area contributed by atoms with Crippen LogP contribution in [-0.4, -0.2) is 11.9 Å². The van der Waals surface area contributed by atoms with E-state index in [1.165, 1.54) is 5.56 Å². The summed E-state index contributed by atoms with van der Waals surface area (Å²) in [7, 11) is 0. The number of carbonyl (C=O) groups excluding carboxylic acids is 2. The number of rotatable bonds is 1. The van der Waals surface area contributed by atoms with Gasteiger partial charge in [0.1, 0.15) is 5.70 Å². The van der Waals surface area contributed by atoms with Gasteiger partial charge in [0.25, 0.3) is 5.91 Å². The quantitative estimate of drug-likeness (QED) is 0.604. The second kappa shape index (κ2) is 4.24. The summed E-state index contributed by atoms with van der Waals surface area (Å²) in [6.45, 7) is 2.04. The van der Waals surface area contributed by atoms with E-state index in [1.807, 2.05) is 37.3 Å². The van der Waals surface area contributed by atoms with Crippen LogP contribution >= 0.6 is 0 Å². The smallest absolute Gasteiger partial charge is 0.303 e. The van der Waals surface area contributed by atoms with Crippen LogP contribution in [0.3, 0.4) is 0 Å². The van der Waals surface area contributed by atoms with Gasteiger partial charge in [-0.2, -0.15) is 0 Å². The van der Waals surface area contributed by atoms with Crippen molar-refractivity contribution >= 4 is 28.8 Å². The molecule has 2 aromatic carbocycles. The summed E-state index contributed by atoms with van der Waals surface area (Å²) in [5.74, 6) is -0.394. The lowest BCUT2D eigenvalue weighted by molar-refractivity contribution is -0.115. The Balaban J connectivity index is 2.13. The van der Waals surface area contributed by atoms with Crippen LogP contribution in [-0.2, 0) is 4.79 Å². The van der Waals surface area contributed by atoms with Crippen molar-refractivity contribution in [2.24, 2.45) is 0 Å². The van der Waals surface area contributed by atoms with Gasteiger partial charge in [0.15, 0.2) is 0 Å². The predicted molar refractivity (Wildman–Crippen MR) is 73.3 cm³/mol. The van der Waals surface area contributed by atoms with E-state index in [1.54, 1.807) is 6.08 Å². The first-order chi connectivity index (χ1) is 9.13. The van der Waals surface area contributed by atoms with E-state index in [9.17, 15) is 9.59 Å². The van der Waals surface area contributed by atoms with Gasteiger partial charge in [0, 0.05) is 0 Å². The predicted octanol–water partition coefficient (Wildman–Crippen LogP) is 2.33. The van der Waals surface area contributed by atoms with Crippen LogP contribution in [0.4, 0.5) is 4.79 Å². The van der Waals surface area contributed by atoms with E-state index in [4.69, 9.17) is 0 Å². The van der Waals surface area contributed by atoms with Crippen molar-refractivity contribution in [3.05, 3.63) is 53.2 Å². The Bertz CT molecular complexity index is 732. The molecule has 3 amide bonds. The van der Waals surface area contributed by atoms with E-state index >= 15 is 0 Å². The fraction of sp³-hybridized carbons (Fsp3) is 0.0667. The average molecular weight is 252 g/mol. The van der Waals surface area contributed by atoms with Crippen LogP contribution in [0.1, 0.15) is 11.1 Å². The largest absolute Gasteiger partial charge is 0.326 e. The van der Waals surface area contributed by atoms with Gasteiger partial charge in [0.05, 0.1) is 0 Å². The lowest BCUT2D eigenvalue weighted by Crippen LogP contribution is -2.22. The van der Waals surface area contributed by atoms with Gasteiger partial charge in [-0.1, -0.05) is 42.0 Å². The number of benzene rings is 2. The molecule has 0 aliphatic carbocycles. The molecule has 2 aromatic rings. The van der Waals surface area contributed by atoms with E-state index in [0.717, 1.165) is 16.3 Å². The molecule has 94 valence electrons. The Morgan fingerprint density at radius 2 is 1.89 bits per heavy atom. The number of fused-ring (bicyclic) bond motifs is 1. The number of imide groups is 1. The third-order valence-electron chi connectivity index (χ3n) is 3.09. The van der Waals surface area contributed by atoms with Crippen molar-refractivity contribution in [1.29, 1.82) is 0 Å². The number of urea groups is 1. The van der Waals surface area contributed by atoms with Crippen LogP contribution in [0, 0.1) is 6.92 Å². The first-order valence-electron chi connectivity index (χ1n) is 5.97. The van der Waals surface area contributed by atoms with Crippen molar-refractivity contribution < 1.29 is 9.59 Å². The first kappa shape index (κ1) is 11.5. The average Bonchev–Trinajstić information content (AvgIpc) is 2.68. The Labute approximate surface area is 110 Å². The first-order valence-corrected chi connectivity index (χ1v) is 5.97. The number of aryl methyl sites for hydroxylation is 1. The summed E-state index contributed by atoms with van der Waals surface area (Å²) >= 11 is 0. The molecular formula is C15H12N2O2. The Kier molecular flexibility index (Phi) is 2.56. The molecule has 4 nitrogen and oxygen atoms in total. The minimum atomic E-state index is -0.479. The Morgan fingerprint density at radius 1 is 1.05 bits per heavy atom. The highest BCUT2D eigenvalue weighted by Crippen LogP contribution is 2.22. The third kappa shape index (κ3) is 2.08. The molecule has 0 saturated carbocycles. The van der Waals surface area contributed by atoms with Crippen molar-refractivity contribution in [3.8, 4) is 0 Å². The van der Waals surface area contributed by atoms with Crippen LogP contribution < -0.4 is 10.6 Å². The molecule has 1 saturated heterocycles. The number of hydrogen-bond acceptors (Lipinski definition) is 2. The van der Waals surface area contributed by atoms with E-state index in [0.29, 0.717) is 0 Å². The molecule has 3 rings (SSSR count). The molecule has 1 aliphatic heterocycles. The lowest BCUT2D eigenvalue weighted by Gasteiger charge is -2.04. The Morgan fingerprint density at radius 3 is 2.63 bits per heavy atom. The van der Waals surface area contributed by atoms with Crippen molar-refractivity contribution in [2.75, 3.05) is 0 Å². The molecule has 0 bridgehead atoms. The molecule has 19 heavy (non-hydrogen) atoms. The number of amides is 3. The van der Waals surface area contributed by atoms with Crippen molar-refractivity contribution in [3.63, 3.8) is 0 Å². The van der Waals surface area contributed by atoms with Crippen molar-refractivity contribution in [1.82, 2.24) is 10.6 Å². The monoisotopic (exact) mass is 252 g/mol.